The molecular weight excluding hydrogens is 332 g/mol. The van der Waals surface area contributed by atoms with Crippen molar-refractivity contribution in [3.05, 3.63) is 57.3 Å². The Labute approximate surface area is 152 Å². The molecule has 3 rings (SSSR count). The zero-order chi connectivity index (χ0) is 18.0. The summed E-state index contributed by atoms with van der Waals surface area (Å²) >= 11 is 1.77. The number of hydrogen-bond donors (Lipinski definition) is 1. The van der Waals surface area contributed by atoms with Gasteiger partial charge < -0.3 is 10.2 Å². The van der Waals surface area contributed by atoms with Crippen LogP contribution < -0.4 is 5.32 Å². The topological polar surface area (TPSA) is 49.4 Å². The first-order valence-corrected chi connectivity index (χ1v) is 9.53. The van der Waals surface area contributed by atoms with Gasteiger partial charge in [0.15, 0.2) is 0 Å². The molecular formula is C20H24N2O2S. The lowest BCUT2D eigenvalue weighted by molar-refractivity contribution is -0.134. The van der Waals surface area contributed by atoms with Crippen molar-refractivity contribution in [3.8, 4) is 0 Å². The lowest BCUT2D eigenvalue weighted by atomic mass is 9.98. The maximum Gasteiger partial charge on any atom is 0.225 e. The van der Waals surface area contributed by atoms with Crippen LogP contribution in [0.15, 0.2) is 35.7 Å². The van der Waals surface area contributed by atoms with Crippen molar-refractivity contribution < 1.29 is 9.59 Å². The number of fused-ring (bicyclic) bond motifs is 1. The van der Waals surface area contributed by atoms with Gasteiger partial charge in [0.2, 0.25) is 11.8 Å². The van der Waals surface area contributed by atoms with Crippen LogP contribution in [0.2, 0.25) is 0 Å². The van der Waals surface area contributed by atoms with E-state index < -0.39 is 0 Å². The molecule has 132 valence electrons. The number of nitrogens with zero attached hydrogens (tertiary/aromatic N) is 1. The number of thiophene rings is 1. The number of amides is 2. The molecule has 25 heavy (non-hydrogen) atoms. The molecule has 2 aromatic rings. The predicted molar refractivity (Wildman–Crippen MR) is 101 cm³/mol. The maximum absolute atomic E-state index is 13.0. The minimum atomic E-state index is -0.290. The molecule has 0 bridgehead atoms. The summed E-state index contributed by atoms with van der Waals surface area (Å²) in [6, 6.07) is 9.92. The van der Waals surface area contributed by atoms with E-state index in [0.29, 0.717) is 0 Å². The van der Waals surface area contributed by atoms with Gasteiger partial charge >= 0.3 is 0 Å². The minimum absolute atomic E-state index is 0.0867. The van der Waals surface area contributed by atoms with Gasteiger partial charge in [-0.2, -0.15) is 0 Å². The highest BCUT2D eigenvalue weighted by molar-refractivity contribution is 7.10. The molecule has 0 spiro atoms. The first kappa shape index (κ1) is 17.7. The molecule has 0 saturated heterocycles. The lowest BCUT2D eigenvalue weighted by Crippen LogP contribution is -2.40. The van der Waals surface area contributed by atoms with Crippen LogP contribution in [0, 0.1) is 6.92 Å². The standard InChI is InChI=1S/C20H24N2O2S/c1-13-4-6-16(7-5-13)18(21-15(3)23)12-20(24)22-10-8-19-17(14(22)2)9-11-25-19/h4-7,9,11,14,18H,8,10,12H2,1-3H3,(H,21,23)/t14-,18+/m0/s1. The molecule has 2 atom stereocenters. The average molecular weight is 356 g/mol. The smallest absolute Gasteiger partial charge is 0.225 e. The SMILES string of the molecule is CC(=O)N[C@H](CC(=O)N1CCc2sccc2[C@@H]1C)c1ccc(C)cc1. The number of carbonyl (C=O) groups is 2. The summed E-state index contributed by atoms with van der Waals surface area (Å²) in [5.41, 5.74) is 3.39. The molecule has 2 amide bonds. The monoisotopic (exact) mass is 356 g/mol. The van der Waals surface area contributed by atoms with E-state index in [1.165, 1.54) is 17.4 Å². The van der Waals surface area contributed by atoms with E-state index in [4.69, 9.17) is 0 Å². The van der Waals surface area contributed by atoms with Gasteiger partial charge in [0.05, 0.1) is 18.5 Å². The van der Waals surface area contributed by atoms with Crippen molar-refractivity contribution in [1.82, 2.24) is 10.2 Å². The number of nitrogens with one attached hydrogen (secondary N) is 1. The molecule has 1 aliphatic heterocycles. The molecule has 1 aliphatic rings. The van der Waals surface area contributed by atoms with Crippen molar-refractivity contribution in [3.63, 3.8) is 0 Å². The van der Waals surface area contributed by atoms with Gasteiger partial charge in [0.1, 0.15) is 0 Å². The van der Waals surface area contributed by atoms with Crippen molar-refractivity contribution in [2.24, 2.45) is 0 Å². The largest absolute Gasteiger partial charge is 0.349 e. The minimum Gasteiger partial charge on any atom is -0.349 e. The van der Waals surface area contributed by atoms with Gasteiger partial charge in [-0.15, -0.1) is 11.3 Å². The Balaban J connectivity index is 1.76. The molecule has 0 radical (unpaired) electrons. The second-order valence-corrected chi connectivity index (χ2v) is 7.68. The second-order valence-electron chi connectivity index (χ2n) is 6.68. The second kappa shape index (κ2) is 7.40. The summed E-state index contributed by atoms with van der Waals surface area (Å²) in [5, 5.41) is 5.03. The van der Waals surface area contributed by atoms with Gasteiger partial charge in [-0.3, -0.25) is 9.59 Å². The van der Waals surface area contributed by atoms with Crippen LogP contribution in [0.4, 0.5) is 0 Å². The number of aryl methyl sites for hydroxylation is 1. The van der Waals surface area contributed by atoms with E-state index in [1.807, 2.05) is 36.1 Å². The summed E-state index contributed by atoms with van der Waals surface area (Å²) in [4.78, 5) is 27.9. The Morgan fingerprint density at radius 2 is 2.00 bits per heavy atom. The summed E-state index contributed by atoms with van der Waals surface area (Å²) in [7, 11) is 0. The van der Waals surface area contributed by atoms with E-state index >= 15 is 0 Å². The van der Waals surface area contributed by atoms with Crippen LogP contribution in [-0.4, -0.2) is 23.3 Å². The maximum atomic E-state index is 13.0. The van der Waals surface area contributed by atoms with Crippen LogP contribution in [0.25, 0.3) is 0 Å². The molecule has 1 aromatic carbocycles. The molecule has 1 N–H and O–H groups in total. The summed E-state index contributed by atoms with van der Waals surface area (Å²) < 4.78 is 0. The Morgan fingerprint density at radius 3 is 2.68 bits per heavy atom. The van der Waals surface area contributed by atoms with Gasteiger partial charge in [0, 0.05) is 18.3 Å². The fraction of sp³-hybridized carbons (Fsp3) is 0.400. The van der Waals surface area contributed by atoms with Gasteiger partial charge in [-0.25, -0.2) is 0 Å². The summed E-state index contributed by atoms with van der Waals surface area (Å²) in [5.74, 6) is -0.0335. The Hall–Kier alpha value is -2.14. The molecule has 0 fully saturated rings. The van der Waals surface area contributed by atoms with E-state index in [0.717, 1.165) is 24.1 Å². The number of carbonyl (C=O) groups excluding carboxylic acids is 2. The molecule has 0 saturated carbocycles. The third kappa shape index (κ3) is 3.93. The van der Waals surface area contributed by atoms with Crippen LogP contribution in [-0.2, 0) is 16.0 Å². The Morgan fingerprint density at radius 1 is 1.28 bits per heavy atom. The molecule has 4 nitrogen and oxygen atoms in total. The summed E-state index contributed by atoms with van der Waals surface area (Å²) in [6.07, 6.45) is 1.20. The molecule has 5 heteroatoms. The van der Waals surface area contributed by atoms with E-state index in [2.05, 4.69) is 23.7 Å². The van der Waals surface area contributed by atoms with Crippen LogP contribution >= 0.6 is 11.3 Å². The van der Waals surface area contributed by atoms with Crippen LogP contribution in [0.5, 0.6) is 0 Å². The van der Waals surface area contributed by atoms with Gasteiger partial charge in [-0.1, -0.05) is 29.8 Å². The number of rotatable bonds is 4. The van der Waals surface area contributed by atoms with Crippen molar-refractivity contribution in [2.75, 3.05) is 6.54 Å². The Bertz CT molecular complexity index is 766. The zero-order valence-corrected chi connectivity index (χ0v) is 15.7. The van der Waals surface area contributed by atoms with Crippen molar-refractivity contribution in [1.29, 1.82) is 0 Å². The Kier molecular flexibility index (Phi) is 5.23. The van der Waals surface area contributed by atoms with Gasteiger partial charge in [-0.05, 0) is 42.8 Å². The molecule has 0 aliphatic carbocycles. The quantitative estimate of drug-likeness (QED) is 0.906. The normalized spacial score (nSPS) is 17.7. The predicted octanol–water partition coefficient (Wildman–Crippen LogP) is 3.77. The van der Waals surface area contributed by atoms with Crippen molar-refractivity contribution >= 4 is 23.2 Å². The highest BCUT2D eigenvalue weighted by Crippen LogP contribution is 2.34. The average Bonchev–Trinajstić information content (AvgIpc) is 3.04. The summed E-state index contributed by atoms with van der Waals surface area (Å²) in [6.45, 7) is 6.35. The fourth-order valence-electron chi connectivity index (χ4n) is 3.44. The first-order chi connectivity index (χ1) is 12.0. The van der Waals surface area contributed by atoms with Crippen LogP contribution in [0.1, 0.15) is 53.9 Å². The van der Waals surface area contributed by atoms with Gasteiger partial charge in [0.25, 0.3) is 0 Å². The fourth-order valence-corrected chi connectivity index (χ4v) is 4.40. The number of hydrogen-bond acceptors (Lipinski definition) is 3. The number of benzene rings is 1. The van der Waals surface area contributed by atoms with E-state index in [9.17, 15) is 9.59 Å². The third-order valence-electron chi connectivity index (χ3n) is 4.83. The molecule has 2 heterocycles. The molecule has 0 unspecified atom stereocenters. The first-order valence-electron chi connectivity index (χ1n) is 8.65. The molecule has 1 aromatic heterocycles. The highest BCUT2D eigenvalue weighted by atomic mass is 32.1. The van der Waals surface area contributed by atoms with Crippen LogP contribution in [0.3, 0.4) is 0 Å². The van der Waals surface area contributed by atoms with E-state index in [-0.39, 0.29) is 30.3 Å². The van der Waals surface area contributed by atoms with Crippen molar-refractivity contribution in [2.45, 2.75) is 45.7 Å². The lowest BCUT2D eigenvalue weighted by Gasteiger charge is -2.34. The van der Waals surface area contributed by atoms with E-state index in [1.54, 1.807) is 11.3 Å². The highest BCUT2D eigenvalue weighted by Gasteiger charge is 2.30. The third-order valence-corrected chi connectivity index (χ3v) is 5.83. The zero-order valence-electron chi connectivity index (χ0n) is 14.9.